The number of ketones is 1. The van der Waals surface area contributed by atoms with Crippen LogP contribution in [0.2, 0.25) is 0 Å². The van der Waals surface area contributed by atoms with Crippen LogP contribution in [0.3, 0.4) is 0 Å². The highest BCUT2D eigenvalue weighted by Crippen LogP contribution is 2.47. The fraction of sp³-hybridized carbons (Fsp3) is 0.350. The van der Waals surface area contributed by atoms with Gasteiger partial charge in [0.1, 0.15) is 6.10 Å². The fourth-order valence-corrected chi connectivity index (χ4v) is 4.00. The lowest BCUT2D eigenvalue weighted by molar-refractivity contribution is 0.0442. The van der Waals surface area contributed by atoms with Crippen LogP contribution >= 0.6 is 7.60 Å². The molecule has 0 amide bonds. The molecule has 2 rings (SSSR count). The van der Waals surface area contributed by atoms with E-state index in [1.807, 2.05) is 48.5 Å². The van der Waals surface area contributed by atoms with Crippen LogP contribution in [0, 0.1) is 0 Å². The Morgan fingerprint density at radius 3 is 2.00 bits per heavy atom. The third-order valence-corrected chi connectivity index (χ3v) is 5.73. The highest BCUT2D eigenvalue weighted by Gasteiger charge is 2.27. The van der Waals surface area contributed by atoms with Gasteiger partial charge in [-0.2, -0.15) is 0 Å². The maximum atomic E-state index is 12.9. The van der Waals surface area contributed by atoms with E-state index in [1.165, 1.54) is 0 Å². The van der Waals surface area contributed by atoms with Crippen LogP contribution in [0.25, 0.3) is 0 Å². The zero-order chi connectivity index (χ0) is 18.8. The van der Waals surface area contributed by atoms with Gasteiger partial charge in [0.2, 0.25) is 0 Å². The Balaban J connectivity index is 2.13. The Labute approximate surface area is 154 Å². The maximum Gasteiger partial charge on any atom is 0.332 e. The maximum absolute atomic E-state index is 12.9. The summed E-state index contributed by atoms with van der Waals surface area (Å²) in [4.78, 5) is 12.9. The van der Waals surface area contributed by atoms with Crippen molar-refractivity contribution < 1.29 is 23.1 Å². The van der Waals surface area contributed by atoms with Gasteiger partial charge in [0.05, 0.1) is 26.0 Å². The van der Waals surface area contributed by atoms with Gasteiger partial charge >= 0.3 is 7.60 Å². The Morgan fingerprint density at radius 2 is 1.46 bits per heavy atom. The zero-order valence-corrected chi connectivity index (χ0v) is 16.1. The predicted molar refractivity (Wildman–Crippen MR) is 102 cm³/mol. The minimum Gasteiger partial charge on any atom is -0.365 e. The molecule has 0 aliphatic rings. The van der Waals surface area contributed by atoms with Crippen molar-refractivity contribution in [1.82, 2.24) is 0 Å². The SMILES string of the molecule is CCOP(=O)(CCOC(C(=O)c1ccccc1)c1ccccc1)OCC. The summed E-state index contributed by atoms with van der Waals surface area (Å²) in [5.41, 5.74) is 1.32. The largest absolute Gasteiger partial charge is 0.365 e. The second kappa shape index (κ2) is 10.4. The molecular weight excluding hydrogens is 351 g/mol. The first-order valence-electron chi connectivity index (χ1n) is 8.73. The van der Waals surface area contributed by atoms with Crippen LogP contribution < -0.4 is 0 Å². The van der Waals surface area contributed by atoms with E-state index in [2.05, 4.69) is 0 Å². The molecule has 0 spiro atoms. The molecule has 0 aliphatic carbocycles. The van der Waals surface area contributed by atoms with Crippen molar-refractivity contribution in [2.24, 2.45) is 0 Å². The number of Topliss-reactive ketones (excluding diaryl/α,β-unsaturated/α-hetero) is 1. The van der Waals surface area contributed by atoms with Crippen molar-refractivity contribution in [3.63, 3.8) is 0 Å². The van der Waals surface area contributed by atoms with E-state index in [1.54, 1.807) is 26.0 Å². The van der Waals surface area contributed by atoms with Crippen molar-refractivity contribution in [3.05, 3.63) is 71.8 Å². The van der Waals surface area contributed by atoms with Gasteiger partial charge < -0.3 is 13.8 Å². The van der Waals surface area contributed by atoms with E-state index in [4.69, 9.17) is 13.8 Å². The predicted octanol–water partition coefficient (Wildman–Crippen LogP) is 4.89. The summed E-state index contributed by atoms with van der Waals surface area (Å²) in [5, 5.41) is 0. The molecule has 26 heavy (non-hydrogen) atoms. The van der Waals surface area contributed by atoms with E-state index >= 15 is 0 Å². The lowest BCUT2D eigenvalue weighted by atomic mass is 10.00. The van der Waals surface area contributed by atoms with E-state index in [0.717, 1.165) is 5.56 Å². The van der Waals surface area contributed by atoms with Crippen molar-refractivity contribution in [3.8, 4) is 0 Å². The summed E-state index contributed by atoms with van der Waals surface area (Å²) >= 11 is 0. The average molecular weight is 376 g/mol. The smallest absolute Gasteiger partial charge is 0.332 e. The van der Waals surface area contributed by atoms with Crippen LogP contribution in [-0.4, -0.2) is 31.8 Å². The van der Waals surface area contributed by atoms with Crippen LogP contribution in [0.5, 0.6) is 0 Å². The number of hydrogen-bond donors (Lipinski definition) is 0. The number of hydrogen-bond acceptors (Lipinski definition) is 5. The number of rotatable bonds is 11. The van der Waals surface area contributed by atoms with Gasteiger partial charge in [0, 0.05) is 5.56 Å². The quantitative estimate of drug-likeness (QED) is 0.413. The van der Waals surface area contributed by atoms with E-state index in [0.29, 0.717) is 18.8 Å². The molecule has 5 nitrogen and oxygen atoms in total. The molecule has 2 aromatic rings. The Kier molecular flexibility index (Phi) is 8.20. The second-order valence-corrected chi connectivity index (χ2v) is 7.75. The normalized spacial score (nSPS) is 12.7. The second-order valence-electron chi connectivity index (χ2n) is 5.56. The number of benzene rings is 2. The molecule has 0 bridgehead atoms. The standard InChI is InChI=1S/C20H25O5P/c1-3-24-26(22,25-4-2)16-15-23-20(18-13-9-6-10-14-18)19(21)17-11-7-5-8-12-17/h5-14,20H,3-4,15-16H2,1-2H3. The molecular formula is C20H25O5P. The van der Waals surface area contributed by atoms with Crippen LogP contribution in [0.1, 0.15) is 35.9 Å². The van der Waals surface area contributed by atoms with Crippen molar-refractivity contribution in [1.29, 1.82) is 0 Å². The minimum atomic E-state index is -3.21. The average Bonchev–Trinajstić information content (AvgIpc) is 2.66. The van der Waals surface area contributed by atoms with E-state index in [9.17, 15) is 9.36 Å². The summed E-state index contributed by atoms with van der Waals surface area (Å²) in [6.07, 6.45) is -0.671. The summed E-state index contributed by atoms with van der Waals surface area (Å²) in [6.45, 7) is 4.20. The van der Waals surface area contributed by atoms with E-state index in [-0.39, 0.29) is 18.6 Å². The molecule has 0 radical (unpaired) electrons. The summed E-state index contributed by atoms with van der Waals surface area (Å²) in [6, 6.07) is 18.3. The number of carbonyl (C=O) groups is 1. The first-order valence-corrected chi connectivity index (χ1v) is 10.5. The first kappa shape index (κ1) is 20.5. The molecule has 1 unspecified atom stereocenters. The molecule has 0 fully saturated rings. The molecule has 2 aromatic carbocycles. The topological polar surface area (TPSA) is 61.8 Å². The van der Waals surface area contributed by atoms with Crippen LogP contribution in [-0.2, 0) is 18.3 Å². The van der Waals surface area contributed by atoms with Crippen molar-refractivity contribution in [2.75, 3.05) is 26.0 Å². The highest BCUT2D eigenvalue weighted by molar-refractivity contribution is 7.53. The molecule has 0 N–H and O–H groups in total. The van der Waals surface area contributed by atoms with Crippen molar-refractivity contribution in [2.45, 2.75) is 20.0 Å². The van der Waals surface area contributed by atoms with E-state index < -0.39 is 13.7 Å². The summed E-state index contributed by atoms with van der Waals surface area (Å²) in [5.74, 6) is -0.139. The summed E-state index contributed by atoms with van der Waals surface area (Å²) < 4.78 is 29.0. The number of carbonyl (C=O) groups excluding carboxylic acids is 1. The Hall–Kier alpha value is -1.78. The molecule has 1 atom stereocenters. The molecule has 0 saturated carbocycles. The van der Waals surface area contributed by atoms with Gasteiger partial charge in [0.15, 0.2) is 5.78 Å². The Morgan fingerprint density at radius 1 is 0.923 bits per heavy atom. The third-order valence-electron chi connectivity index (χ3n) is 3.70. The monoisotopic (exact) mass is 376 g/mol. The molecule has 140 valence electrons. The van der Waals surface area contributed by atoms with Gasteiger partial charge in [-0.1, -0.05) is 60.7 Å². The highest BCUT2D eigenvalue weighted by atomic mass is 31.2. The fourth-order valence-electron chi connectivity index (χ4n) is 2.55. The summed E-state index contributed by atoms with van der Waals surface area (Å²) in [7, 11) is -3.21. The van der Waals surface area contributed by atoms with Gasteiger partial charge in [-0.05, 0) is 19.4 Å². The van der Waals surface area contributed by atoms with Gasteiger partial charge in [-0.15, -0.1) is 0 Å². The molecule has 0 saturated heterocycles. The van der Waals surface area contributed by atoms with Gasteiger partial charge in [-0.25, -0.2) is 0 Å². The molecule has 0 aliphatic heterocycles. The third kappa shape index (κ3) is 5.89. The molecule has 0 heterocycles. The zero-order valence-electron chi connectivity index (χ0n) is 15.2. The van der Waals surface area contributed by atoms with Crippen LogP contribution in [0.4, 0.5) is 0 Å². The molecule has 0 aromatic heterocycles. The lowest BCUT2D eigenvalue weighted by Crippen LogP contribution is -2.19. The molecule has 6 heteroatoms. The lowest BCUT2D eigenvalue weighted by Gasteiger charge is -2.20. The van der Waals surface area contributed by atoms with Gasteiger partial charge in [0.25, 0.3) is 0 Å². The van der Waals surface area contributed by atoms with Crippen LogP contribution in [0.15, 0.2) is 60.7 Å². The minimum absolute atomic E-state index is 0.0927. The number of ether oxygens (including phenoxy) is 1. The van der Waals surface area contributed by atoms with Crippen molar-refractivity contribution >= 4 is 13.4 Å². The Bertz CT molecular complexity index is 707. The van der Waals surface area contributed by atoms with Gasteiger partial charge in [-0.3, -0.25) is 9.36 Å². The first-order chi connectivity index (χ1) is 12.6.